The summed E-state index contributed by atoms with van der Waals surface area (Å²) in [6.45, 7) is 0. The van der Waals surface area contributed by atoms with Crippen LogP contribution in [0.25, 0.3) is 0 Å². The van der Waals surface area contributed by atoms with E-state index in [2.05, 4.69) is 35.7 Å². The highest BCUT2D eigenvalue weighted by Crippen LogP contribution is 2.26. The molecule has 0 spiro atoms. The second kappa shape index (κ2) is 5.79. The molecule has 2 aliphatic carbocycles. The lowest BCUT2D eigenvalue weighted by molar-refractivity contribution is 0.372. The SMILES string of the molecule is COc1ccc2c(c1)CC(NC1CC=CCC1)CC2. The molecule has 0 aliphatic heterocycles. The highest BCUT2D eigenvalue weighted by atomic mass is 16.5. The van der Waals surface area contributed by atoms with Crippen molar-refractivity contribution >= 4 is 0 Å². The fourth-order valence-corrected chi connectivity index (χ4v) is 3.28. The molecule has 3 rings (SSSR count). The van der Waals surface area contributed by atoms with Crippen LogP contribution in [0, 0.1) is 0 Å². The van der Waals surface area contributed by atoms with Crippen molar-refractivity contribution in [3.8, 4) is 5.75 Å². The first-order valence-electron chi connectivity index (χ1n) is 7.42. The highest BCUT2D eigenvalue weighted by molar-refractivity contribution is 5.37. The van der Waals surface area contributed by atoms with Crippen LogP contribution in [0.5, 0.6) is 5.75 Å². The molecule has 0 aromatic heterocycles. The molecular formula is C17H23NO. The molecule has 1 aromatic carbocycles. The van der Waals surface area contributed by atoms with Gasteiger partial charge in [-0.3, -0.25) is 0 Å². The summed E-state index contributed by atoms with van der Waals surface area (Å²) in [4.78, 5) is 0. The van der Waals surface area contributed by atoms with Crippen LogP contribution in [0.15, 0.2) is 30.4 Å². The lowest BCUT2D eigenvalue weighted by Gasteiger charge is -2.30. The minimum atomic E-state index is 0.635. The van der Waals surface area contributed by atoms with E-state index in [0.29, 0.717) is 12.1 Å². The Morgan fingerprint density at radius 3 is 2.84 bits per heavy atom. The van der Waals surface area contributed by atoms with Gasteiger partial charge in [0.05, 0.1) is 7.11 Å². The largest absolute Gasteiger partial charge is 0.497 e. The molecule has 2 atom stereocenters. The second-order valence-corrected chi connectivity index (χ2v) is 5.72. The summed E-state index contributed by atoms with van der Waals surface area (Å²) in [6, 6.07) is 7.84. The molecule has 0 saturated heterocycles. The van der Waals surface area contributed by atoms with Gasteiger partial charge >= 0.3 is 0 Å². The Morgan fingerprint density at radius 2 is 2.05 bits per heavy atom. The number of fused-ring (bicyclic) bond motifs is 1. The lowest BCUT2D eigenvalue weighted by atomic mass is 9.87. The van der Waals surface area contributed by atoms with Crippen molar-refractivity contribution in [2.75, 3.05) is 7.11 Å². The number of hydrogen-bond acceptors (Lipinski definition) is 2. The van der Waals surface area contributed by atoms with Crippen LogP contribution < -0.4 is 10.1 Å². The second-order valence-electron chi connectivity index (χ2n) is 5.72. The topological polar surface area (TPSA) is 21.3 Å². The smallest absolute Gasteiger partial charge is 0.119 e. The normalized spacial score (nSPS) is 25.9. The van der Waals surface area contributed by atoms with Gasteiger partial charge < -0.3 is 10.1 Å². The first kappa shape index (κ1) is 12.7. The Balaban J connectivity index is 1.65. The van der Waals surface area contributed by atoms with Crippen LogP contribution in [-0.4, -0.2) is 19.2 Å². The van der Waals surface area contributed by atoms with Crippen molar-refractivity contribution in [3.05, 3.63) is 41.5 Å². The third-order valence-electron chi connectivity index (χ3n) is 4.38. The molecule has 0 amide bonds. The van der Waals surface area contributed by atoms with E-state index in [4.69, 9.17) is 4.74 Å². The molecule has 0 fully saturated rings. The lowest BCUT2D eigenvalue weighted by Crippen LogP contribution is -2.41. The number of hydrogen-bond donors (Lipinski definition) is 1. The summed E-state index contributed by atoms with van der Waals surface area (Å²) in [5.41, 5.74) is 2.97. The molecule has 0 radical (unpaired) electrons. The molecule has 0 bridgehead atoms. The van der Waals surface area contributed by atoms with Crippen LogP contribution in [0.2, 0.25) is 0 Å². The van der Waals surface area contributed by atoms with E-state index in [0.717, 1.165) is 12.2 Å². The minimum absolute atomic E-state index is 0.635. The number of ether oxygens (including phenoxy) is 1. The Bertz CT molecular complexity index is 466. The molecule has 2 heteroatoms. The molecule has 2 aliphatic rings. The Kier molecular flexibility index (Phi) is 3.88. The van der Waals surface area contributed by atoms with Gasteiger partial charge in [0.2, 0.25) is 0 Å². The zero-order chi connectivity index (χ0) is 13.1. The fraction of sp³-hybridized carbons (Fsp3) is 0.529. The summed E-state index contributed by atoms with van der Waals surface area (Å²) >= 11 is 0. The molecule has 1 N–H and O–H groups in total. The van der Waals surface area contributed by atoms with Crippen molar-refractivity contribution < 1.29 is 4.74 Å². The fourth-order valence-electron chi connectivity index (χ4n) is 3.28. The average molecular weight is 257 g/mol. The van der Waals surface area contributed by atoms with E-state index in [1.165, 1.54) is 43.2 Å². The average Bonchev–Trinajstić information content (AvgIpc) is 2.47. The van der Waals surface area contributed by atoms with E-state index in [1.54, 1.807) is 7.11 Å². The summed E-state index contributed by atoms with van der Waals surface area (Å²) in [6.07, 6.45) is 11.9. The summed E-state index contributed by atoms with van der Waals surface area (Å²) < 4.78 is 5.34. The van der Waals surface area contributed by atoms with Gasteiger partial charge in [-0.2, -0.15) is 0 Å². The van der Waals surface area contributed by atoms with E-state index in [9.17, 15) is 0 Å². The number of aryl methyl sites for hydroxylation is 1. The Morgan fingerprint density at radius 1 is 1.11 bits per heavy atom. The zero-order valence-corrected chi connectivity index (χ0v) is 11.7. The first-order chi connectivity index (χ1) is 9.35. The van der Waals surface area contributed by atoms with Gasteiger partial charge in [0.1, 0.15) is 5.75 Å². The maximum absolute atomic E-state index is 5.34. The monoisotopic (exact) mass is 257 g/mol. The molecule has 102 valence electrons. The molecule has 19 heavy (non-hydrogen) atoms. The number of nitrogens with one attached hydrogen (secondary N) is 1. The predicted octanol–water partition coefficient (Wildman–Crippen LogP) is 3.25. The predicted molar refractivity (Wildman–Crippen MR) is 78.7 cm³/mol. The van der Waals surface area contributed by atoms with Gasteiger partial charge in [0.15, 0.2) is 0 Å². The van der Waals surface area contributed by atoms with Crippen LogP contribution in [-0.2, 0) is 12.8 Å². The first-order valence-corrected chi connectivity index (χ1v) is 7.42. The van der Waals surface area contributed by atoms with Crippen LogP contribution in [0.4, 0.5) is 0 Å². The maximum Gasteiger partial charge on any atom is 0.119 e. The Hall–Kier alpha value is -1.28. The zero-order valence-electron chi connectivity index (χ0n) is 11.7. The highest BCUT2D eigenvalue weighted by Gasteiger charge is 2.21. The molecular weight excluding hydrogens is 234 g/mol. The van der Waals surface area contributed by atoms with Crippen LogP contribution in [0.1, 0.15) is 36.8 Å². The van der Waals surface area contributed by atoms with Crippen LogP contribution >= 0.6 is 0 Å². The van der Waals surface area contributed by atoms with E-state index in [-0.39, 0.29) is 0 Å². The van der Waals surface area contributed by atoms with Gasteiger partial charge in [0, 0.05) is 12.1 Å². The van der Waals surface area contributed by atoms with E-state index in [1.807, 2.05) is 0 Å². The molecule has 1 aromatic rings. The summed E-state index contributed by atoms with van der Waals surface area (Å²) in [7, 11) is 1.74. The quantitative estimate of drug-likeness (QED) is 0.839. The van der Waals surface area contributed by atoms with E-state index < -0.39 is 0 Å². The van der Waals surface area contributed by atoms with Crippen molar-refractivity contribution in [2.45, 2.75) is 50.6 Å². The van der Waals surface area contributed by atoms with Crippen molar-refractivity contribution in [3.63, 3.8) is 0 Å². The van der Waals surface area contributed by atoms with Crippen molar-refractivity contribution in [1.82, 2.24) is 5.32 Å². The number of benzene rings is 1. The van der Waals surface area contributed by atoms with Gasteiger partial charge in [-0.1, -0.05) is 18.2 Å². The molecule has 0 heterocycles. The van der Waals surface area contributed by atoms with Gasteiger partial charge in [0.25, 0.3) is 0 Å². The third kappa shape index (κ3) is 3.01. The van der Waals surface area contributed by atoms with Crippen molar-refractivity contribution in [1.29, 1.82) is 0 Å². The van der Waals surface area contributed by atoms with Crippen LogP contribution in [0.3, 0.4) is 0 Å². The molecule has 0 saturated carbocycles. The van der Waals surface area contributed by atoms with Gasteiger partial charge in [-0.15, -0.1) is 0 Å². The van der Waals surface area contributed by atoms with Gasteiger partial charge in [-0.05, 0) is 61.8 Å². The Labute approximate surface area is 115 Å². The third-order valence-corrected chi connectivity index (χ3v) is 4.38. The molecule has 2 unspecified atom stereocenters. The number of methoxy groups -OCH3 is 1. The van der Waals surface area contributed by atoms with E-state index >= 15 is 0 Å². The number of rotatable bonds is 3. The minimum Gasteiger partial charge on any atom is -0.497 e. The van der Waals surface area contributed by atoms with Gasteiger partial charge in [-0.25, -0.2) is 0 Å². The summed E-state index contributed by atoms with van der Waals surface area (Å²) in [5.74, 6) is 0.986. The standard InChI is InChI=1S/C17H23NO/c1-19-17-10-8-13-7-9-16(11-14(13)12-17)18-15-5-3-2-4-6-15/h2-3,8,10,12,15-16,18H,4-7,9,11H2,1H3. The number of allylic oxidation sites excluding steroid dienone is 1. The maximum atomic E-state index is 5.34. The molecule has 2 nitrogen and oxygen atoms in total. The van der Waals surface area contributed by atoms with Crippen molar-refractivity contribution in [2.24, 2.45) is 0 Å². The summed E-state index contributed by atoms with van der Waals surface area (Å²) in [5, 5.41) is 3.84.